The van der Waals surface area contributed by atoms with Crippen molar-refractivity contribution in [2.75, 3.05) is 18.8 Å². The van der Waals surface area contributed by atoms with Crippen molar-refractivity contribution in [2.45, 2.75) is 32.2 Å². The van der Waals surface area contributed by atoms with Gasteiger partial charge in [0.25, 0.3) is 0 Å². The minimum Gasteiger partial charge on any atom is -0.384 e. The Morgan fingerprint density at radius 3 is 2.53 bits per heavy atom. The van der Waals surface area contributed by atoms with E-state index in [0.29, 0.717) is 5.82 Å². The molecule has 1 saturated heterocycles. The predicted molar refractivity (Wildman–Crippen MR) is 62.4 cm³/mol. The number of nitrogens with zero attached hydrogens (tertiary/aromatic N) is 2. The van der Waals surface area contributed by atoms with Crippen molar-refractivity contribution in [3.8, 4) is 0 Å². The first-order valence-electron chi connectivity index (χ1n) is 5.78. The molecule has 0 bridgehead atoms. The van der Waals surface area contributed by atoms with Crippen LogP contribution in [0.25, 0.3) is 0 Å². The molecule has 0 aliphatic carbocycles. The van der Waals surface area contributed by atoms with E-state index in [4.69, 9.17) is 5.73 Å². The highest BCUT2D eigenvalue weighted by atomic mass is 15.1. The fourth-order valence-electron chi connectivity index (χ4n) is 2.11. The molecule has 0 spiro atoms. The normalized spacial score (nSPS) is 18.7. The summed E-state index contributed by atoms with van der Waals surface area (Å²) in [7, 11) is 0. The summed E-state index contributed by atoms with van der Waals surface area (Å²) in [4.78, 5) is 6.81. The zero-order valence-corrected chi connectivity index (χ0v) is 9.15. The first-order valence-corrected chi connectivity index (χ1v) is 5.78. The van der Waals surface area contributed by atoms with Gasteiger partial charge in [-0.05, 0) is 38.1 Å². The van der Waals surface area contributed by atoms with Crippen LogP contribution in [0.5, 0.6) is 0 Å². The smallest absolute Gasteiger partial charge is 0.123 e. The molecule has 0 atom stereocenters. The molecule has 15 heavy (non-hydrogen) atoms. The van der Waals surface area contributed by atoms with Crippen LogP contribution in [0.3, 0.4) is 0 Å². The second kappa shape index (κ2) is 5.12. The largest absolute Gasteiger partial charge is 0.384 e. The van der Waals surface area contributed by atoms with Gasteiger partial charge in [0.1, 0.15) is 5.82 Å². The van der Waals surface area contributed by atoms with Crippen LogP contribution in [0.2, 0.25) is 0 Å². The van der Waals surface area contributed by atoms with Crippen LogP contribution < -0.4 is 5.73 Å². The van der Waals surface area contributed by atoms with Crippen LogP contribution in [0.1, 0.15) is 31.4 Å². The lowest BCUT2D eigenvalue weighted by atomic mass is 10.2. The maximum absolute atomic E-state index is 5.66. The van der Waals surface area contributed by atoms with Crippen molar-refractivity contribution in [3.63, 3.8) is 0 Å². The minimum atomic E-state index is 0.627. The lowest BCUT2D eigenvalue weighted by Crippen LogP contribution is -2.24. The van der Waals surface area contributed by atoms with Crippen LogP contribution in [0.4, 0.5) is 5.82 Å². The van der Waals surface area contributed by atoms with Crippen molar-refractivity contribution in [1.29, 1.82) is 0 Å². The number of pyridine rings is 1. The van der Waals surface area contributed by atoms with Crippen LogP contribution in [0, 0.1) is 0 Å². The predicted octanol–water partition coefficient (Wildman–Crippen LogP) is 2.04. The molecule has 2 N–H and O–H groups in total. The topological polar surface area (TPSA) is 42.1 Å². The Bertz CT molecular complexity index is 303. The molecule has 1 aromatic rings. The third kappa shape index (κ3) is 3.20. The number of hydrogen-bond acceptors (Lipinski definition) is 3. The van der Waals surface area contributed by atoms with Crippen molar-refractivity contribution >= 4 is 5.82 Å². The summed E-state index contributed by atoms with van der Waals surface area (Å²) in [5.41, 5.74) is 6.76. The SMILES string of the molecule is Nc1cccc(CN2CCCCCC2)n1. The number of likely N-dealkylation sites (tertiary alicyclic amines) is 1. The first-order chi connectivity index (χ1) is 7.34. The molecule has 1 aromatic heterocycles. The Kier molecular flexibility index (Phi) is 3.56. The fourth-order valence-corrected chi connectivity index (χ4v) is 2.11. The van der Waals surface area contributed by atoms with Crippen molar-refractivity contribution in [2.24, 2.45) is 0 Å². The van der Waals surface area contributed by atoms with Crippen molar-refractivity contribution in [3.05, 3.63) is 23.9 Å². The van der Waals surface area contributed by atoms with E-state index >= 15 is 0 Å². The first kappa shape index (κ1) is 10.4. The Balaban J connectivity index is 1.95. The van der Waals surface area contributed by atoms with Gasteiger partial charge >= 0.3 is 0 Å². The number of nitrogens with two attached hydrogens (primary N) is 1. The van der Waals surface area contributed by atoms with E-state index in [0.717, 1.165) is 12.2 Å². The van der Waals surface area contributed by atoms with E-state index in [1.54, 1.807) is 0 Å². The molecule has 2 rings (SSSR count). The van der Waals surface area contributed by atoms with Gasteiger partial charge in [-0.2, -0.15) is 0 Å². The minimum absolute atomic E-state index is 0.627. The van der Waals surface area contributed by atoms with Gasteiger partial charge in [0.2, 0.25) is 0 Å². The molecule has 2 heterocycles. The zero-order chi connectivity index (χ0) is 10.5. The highest BCUT2D eigenvalue weighted by molar-refractivity contribution is 5.28. The summed E-state index contributed by atoms with van der Waals surface area (Å²) in [6, 6.07) is 5.88. The molecular formula is C12H19N3. The van der Waals surface area contributed by atoms with E-state index in [2.05, 4.69) is 16.0 Å². The lowest BCUT2D eigenvalue weighted by Gasteiger charge is -2.19. The molecule has 82 valence electrons. The number of aromatic nitrogens is 1. The van der Waals surface area contributed by atoms with Gasteiger partial charge in [0.05, 0.1) is 5.69 Å². The standard InChI is InChI=1S/C12H19N3/c13-12-7-5-6-11(14-12)10-15-8-3-1-2-4-9-15/h5-7H,1-4,8-10H2,(H2,13,14). The summed E-state index contributed by atoms with van der Waals surface area (Å²) in [6.07, 6.45) is 5.40. The van der Waals surface area contributed by atoms with Gasteiger partial charge in [0, 0.05) is 6.54 Å². The quantitative estimate of drug-likeness (QED) is 0.803. The summed E-state index contributed by atoms with van der Waals surface area (Å²) in [5, 5.41) is 0. The Morgan fingerprint density at radius 2 is 1.87 bits per heavy atom. The maximum atomic E-state index is 5.66. The average Bonchev–Trinajstić information content (AvgIpc) is 2.46. The zero-order valence-electron chi connectivity index (χ0n) is 9.15. The monoisotopic (exact) mass is 205 g/mol. The van der Waals surface area contributed by atoms with Crippen LogP contribution in [0.15, 0.2) is 18.2 Å². The molecular weight excluding hydrogens is 186 g/mol. The molecule has 3 heteroatoms. The second-order valence-corrected chi connectivity index (χ2v) is 4.24. The number of rotatable bonds is 2. The van der Waals surface area contributed by atoms with E-state index < -0.39 is 0 Å². The van der Waals surface area contributed by atoms with E-state index in [1.807, 2.05) is 12.1 Å². The summed E-state index contributed by atoms with van der Waals surface area (Å²) < 4.78 is 0. The summed E-state index contributed by atoms with van der Waals surface area (Å²) >= 11 is 0. The van der Waals surface area contributed by atoms with Crippen molar-refractivity contribution < 1.29 is 0 Å². The highest BCUT2D eigenvalue weighted by Gasteiger charge is 2.09. The lowest BCUT2D eigenvalue weighted by molar-refractivity contribution is 0.274. The highest BCUT2D eigenvalue weighted by Crippen LogP contribution is 2.12. The Labute approximate surface area is 91.3 Å². The fraction of sp³-hybridized carbons (Fsp3) is 0.583. The maximum Gasteiger partial charge on any atom is 0.123 e. The molecule has 0 aromatic carbocycles. The van der Waals surface area contributed by atoms with E-state index in [9.17, 15) is 0 Å². The summed E-state index contributed by atoms with van der Waals surface area (Å²) in [5.74, 6) is 0.627. The van der Waals surface area contributed by atoms with Gasteiger partial charge in [-0.25, -0.2) is 4.98 Å². The number of anilines is 1. The van der Waals surface area contributed by atoms with Crippen molar-refractivity contribution in [1.82, 2.24) is 9.88 Å². The Morgan fingerprint density at radius 1 is 1.13 bits per heavy atom. The molecule has 0 amide bonds. The molecule has 1 aliphatic heterocycles. The van der Waals surface area contributed by atoms with Crippen LogP contribution in [-0.4, -0.2) is 23.0 Å². The number of hydrogen-bond donors (Lipinski definition) is 1. The van der Waals surface area contributed by atoms with Gasteiger partial charge < -0.3 is 5.73 Å². The third-order valence-corrected chi connectivity index (χ3v) is 2.91. The Hall–Kier alpha value is -1.09. The van der Waals surface area contributed by atoms with Gasteiger partial charge in [-0.1, -0.05) is 18.9 Å². The molecule has 0 radical (unpaired) electrons. The van der Waals surface area contributed by atoms with Gasteiger partial charge in [0.15, 0.2) is 0 Å². The third-order valence-electron chi connectivity index (χ3n) is 2.91. The second-order valence-electron chi connectivity index (χ2n) is 4.24. The van der Waals surface area contributed by atoms with E-state index in [-0.39, 0.29) is 0 Å². The van der Waals surface area contributed by atoms with Gasteiger partial charge in [-0.3, -0.25) is 4.90 Å². The molecule has 3 nitrogen and oxygen atoms in total. The van der Waals surface area contributed by atoms with Gasteiger partial charge in [-0.15, -0.1) is 0 Å². The average molecular weight is 205 g/mol. The number of nitrogen functional groups attached to an aromatic ring is 1. The molecule has 0 saturated carbocycles. The molecule has 0 unspecified atom stereocenters. The molecule has 1 aliphatic rings. The summed E-state index contributed by atoms with van der Waals surface area (Å²) in [6.45, 7) is 3.36. The van der Waals surface area contributed by atoms with Crippen LogP contribution >= 0.6 is 0 Å². The van der Waals surface area contributed by atoms with Crippen LogP contribution in [-0.2, 0) is 6.54 Å². The molecule has 1 fully saturated rings. The van der Waals surface area contributed by atoms with E-state index in [1.165, 1.54) is 38.8 Å².